The molecule has 0 bridgehead atoms. The van der Waals surface area contributed by atoms with Gasteiger partial charge in [-0.15, -0.1) is 0 Å². The number of hydrogen-bond acceptors (Lipinski definition) is 2. The van der Waals surface area contributed by atoms with Gasteiger partial charge >= 0.3 is 0 Å². The van der Waals surface area contributed by atoms with Crippen LogP contribution >= 0.6 is 15.9 Å². The van der Waals surface area contributed by atoms with Crippen LogP contribution in [0.5, 0.6) is 0 Å². The molecule has 1 heterocycles. The number of halogens is 1. The summed E-state index contributed by atoms with van der Waals surface area (Å²) >= 11 is 3.37. The Kier molecular flexibility index (Phi) is 3.02. The highest BCUT2D eigenvalue weighted by Gasteiger charge is 2.04. The summed E-state index contributed by atoms with van der Waals surface area (Å²) in [6.07, 6.45) is 4.76. The van der Waals surface area contributed by atoms with Crippen LogP contribution in [0.15, 0.2) is 52.1 Å². The van der Waals surface area contributed by atoms with Crippen LogP contribution in [0.25, 0.3) is 5.57 Å². The minimum absolute atomic E-state index is 0.629. The minimum Gasteiger partial charge on any atom is -0.387 e. The lowest BCUT2D eigenvalue weighted by molar-refractivity contribution is 1.37. The first-order valence-electron chi connectivity index (χ1n) is 4.71. The molecule has 0 saturated carbocycles. The molecule has 76 valence electrons. The van der Waals surface area contributed by atoms with Crippen molar-refractivity contribution in [1.29, 1.82) is 0 Å². The zero-order chi connectivity index (χ0) is 10.7. The average molecular weight is 263 g/mol. The van der Waals surface area contributed by atoms with Gasteiger partial charge in [0.2, 0.25) is 0 Å². The highest BCUT2D eigenvalue weighted by molar-refractivity contribution is 9.11. The SMILES string of the molecule is NC1=NC(Br)=CC(c2ccccc2)=CC1. The number of allylic oxidation sites excluding steroid dienone is 2. The van der Waals surface area contributed by atoms with Gasteiger partial charge in [-0.2, -0.15) is 0 Å². The van der Waals surface area contributed by atoms with Crippen LogP contribution in [0.3, 0.4) is 0 Å². The lowest BCUT2D eigenvalue weighted by atomic mass is 10.1. The first-order chi connectivity index (χ1) is 7.25. The maximum atomic E-state index is 5.70. The first kappa shape index (κ1) is 10.2. The summed E-state index contributed by atoms with van der Waals surface area (Å²) < 4.78 is 0.771. The van der Waals surface area contributed by atoms with Crippen molar-refractivity contribution < 1.29 is 0 Å². The molecule has 0 amide bonds. The Labute approximate surface area is 97.3 Å². The topological polar surface area (TPSA) is 38.4 Å². The molecule has 0 saturated heterocycles. The summed E-state index contributed by atoms with van der Waals surface area (Å²) in [4.78, 5) is 4.17. The van der Waals surface area contributed by atoms with Crippen molar-refractivity contribution in [1.82, 2.24) is 0 Å². The average Bonchev–Trinajstić information content (AvgIpc) is 2.41. The molecule has 1 aromatic rings. The van der Waals surface area contributed by atoms with Crippen LogP contribution in [0.1, 0.15) is 12.0 Å². The second kappa shape index (κ2) is 4.45. The number of amidine groups is 1. The molecule has 2 N–H and O–H groups in total. The molecule has 0 radical (unpaired) electrons. The fourth-order valence-corrected chi connectivity index (χ4v) is 1.92. The fraction of sp³-hybridized carbons (Fsp3) is 0.0833. The van der Waals surface area contributed by atoms with Crippen molar-refractivity contribution in [3.05, 3.63) is 52.7 Å². The molecule has 1 aliphatic rings. The molecular weight excluding hydrogens is 252 g/mol. The van der Waals surface area contributed by atoms with Crippen molar-refractivity contribution in [3.8, 4) is 0 Å². The Balaban J connectivity index is 2.37. The van der Waals surface area contributed by atoms with Crippen LogP contribution in [-0.4, -0.2) is 5.84 Å². The third-order valence-corrected chi connectivity index (χ3v) is 2.57. The Morgan fingerprint density at radius 3 is 2.67 bits per heavy atom. The van der Waals surface area contributed by atoms with E-state index in [0.717, 1.165) is 10.2 Å². The van der Waals surface area contributed by atoms with Crippen molar-refractivity contribution in [2.24, 2.45) is 10.7 Å². The van der Waals surface area contributed by atoms with Crippen molar-refractivity contribution in [2.45, 2.75) is 6.42 Å². The van der Waals surface area contributed by atoms with Crippen molar-refractivity contribution in [2.75, 3.05) is 0 Å². The third-order valence-electron chi connectivity index (χ3n) is 2.16. The maximum absolute atomic E-state index is 5.70. The maximum Gasteiger partial charge on any atom is 0.108 e. The number of hydrogen-bond donors (Lipinski definition) is 1. The number of nitrogens with zero attached hydrogens (tertiary/aromatic N) is 1. The lowest BCUT2D eigenvalue weighted by Gasteiger charge is -2.00. The van der Waals surface area contributed by atoms with Crippen molar-refractivity contribution >= 4 is 27.3 Å². The van der Waals surface area contributed by atoms with Crippen LogP contribution in [-0.2, 0) is 0 Å². The predicted octanol–water partition coefficient (Wildman–Crippen LogP) is 3.07. The molecular formula is C12H11BrN2. The van der Waals surface area contributed by atoms with E-state index in [1.165, 1.54) is 5.56 Å². The van der Waals surface area contributed by atoms with Gasteiger partial charge in [-0.25, -0.2) is 4.99 Å². The van der Waals surface area contributed by atoms with Gasteiger partial charge in [0.1, 0.15) is 10.4 Å². The monoisotopic (exact) mass is 262 g/mol. The number of aliphatic imine (C=N–C) groups is 1. The minimum atomic E-state index is 0.629. The van der Waals surface area contributed by atoms with E-state index in [0.29, 0.717) is 12.3 Å². The quantitative estimate of drug-likeness (QED) is 0.777. The Morgan fingerprint density at radius 2 is 1.93 bits per heavy atom. The predicted molar refractivity (Wildman–Crippen MR) is 67.7 cm³/mol. The largest absolute Gasteiger partial charge is 0.387 e. The second-order valence-corrected chi connectivity index (χ2v) is 4.11. The summed E-state index contributed by atoms with van der Waals surface area (Å²) in [5.74, 6) is 0.629. The van der Waals surface area contributed by atoms with Gasteiger partial charge in [-0.1, -0.05) is 36.4 Å². The first-order valence-corrected chi connectivity index (χ1v) is 5.51. The molecule has 2 nitrogen and oxygen atoms in total. The van der Waals surface area contributed by atoms with Gasteiger partial charge in [-0.05, 0) is 33.1 Å². The zero-order valence-electron chi connectivity index (χ0n) is 8.15. The van der Waals surface area contributed by atoms with Gasteiger partial charge in [0.25, 0.3) is 0 Å². The summed E-state index contributed by atoms with van der Waals surface area (Å²) in [6, 6.07) is 10.2. The molecule has 0 unspecified atom stereocenters. The smallest absolute Gasteiger partial charge is 0.108 e. The normalized spacial score (nSPS) is 16.2. The Hall–Kier alpha value is -1.35. The van der Waals surface area contributed by atoms with Gasteiger partial charge in [0.05, 0.1) is 0 Å². The van der Waals surface area contributed by atoms with E-state index in [9.17, 15) is 0 Å². The third kappa shape index (κ3) is 2.57. The van der Waals surface area contributed by atoms with Crippen LogP contribution < -0.4 is 5.73 Å². The van der Waals surface area contributed by atoms with E-state index >= 15 is 0 Å². The molecule has 1 aromatic carbocycles. The molecule has 0 fully saturated rings. The molecule has 0 atom stereocenters. The number of benzene rings is 1. The van der Waals surface area contributed by atoms with E-state index in [1.54, 1.807) is 0 Å². The van der Waals surface area contributed by atoms with Crippen molar-refractivity contribution in [3.63, 3.8) is 0 Å². The highest BCUT2D eigenvalue weighted by atomic mass is 79.9. The number of rotatable bonds is 1. The van der Waals surface area contributed by atoms with Gasteiger partial charge in [-0.3, -0.25) is 0 Å². The highest BCUT2D eigenvalue weighted by Crippen LogP contribution is 2.23. The van der Waals surface area contributed by atoms with E-state index in [-0.39, 0.29) is 0 Å². The van der Waals surface area contributed by atoms with Gasteiger partial charge in [0, 0.05) is 6.42 Å². The lowest BCUT2D eigenvalue weighted by Crippen LogP contribution is -2.08. The zero-order valence-corrected chi connectivity index (χ0v) is 9.74. The van der Waals surface area contributed by atoms with Crippen LogP contribution in [0.4, 0.5) is 0 Å². The Bertz CT molecular complexity index is 444. The summed E-state index contributed by atoms with van der Waals surface area (Å²) in [6.45, 7) is 0. The van der Waals surface area contributed by atoms with E-state index in [4.69, 9.17) is 5.73 Å². The summed E-state index contributed by atoms with van der Waals surface area (Å²) in [5, 5.41) is 0. The fourth-order valence-electron chi connectivity index (χ4n) is 1.45. The number of nitrogens with two attached hydrogens (primary N) is 1. The summed E-state index contributed by atoms with van der Waals surface area (Å²) in [7, 11) is 0. The second-order valence-electron chi connectivity index (χ2n) is 3.30. The van der Waals surface area contributed by atoms with Gasteiger partial charge < -0.3 is 5.73 Å². The summed E-state index contributed by atoms with van der Waals surface area (Å²) in [5.41, 5.74) is 8.03. The van der Waals surface area contributed by atoms with Crippen LogP contribution in [0.2, 0.25) is 0 Å². The molecule has 3 heteroatoms. The molecule has 1 aliphatic heterocycles. The Morgan fingerprint density at radius 1 is 1.20 bits per heavy atom. The van der Waals surface area contributed by atoms with Gasteiger partial charge in [0.15, 0.2) is 0 Å². The standard InChI is InChI=1S/C12H11BrN2/c13-11-8-10(6-7-12(14)15-11)9-4-2-1-3-5-9/h1-6,8H,7H2,(H2,14,15). The van der Waals surface area contributed by atoms with E-state index < -0.39 is 0 Å². The molecule has 0 spiro atoms. The van der Waals surface area contributed by atoms with E-state index in [1.807, 2.05) is 24.3 Å². The van der Waals surface area contributed by atoms with E-state index in [2.05, 4.69) is 39.1 Å². The molecule has 0 aliphatic carbocycles. The molecule has 15 heavy (non-hydrogen) atoms. The molecule has 2 rings (SSSR count). The molecule has 0 aromatic heterocycles. The van der Waals surface area contributed by atoms with Crippen LogP contribution in [0, 0.1) is 0 Å².